The van der Waals surface area contributed by atoms with Gasteiger partial charge < -0.3 is 5.73 Å². The van der Waals surface area contributed by atoms with Crippen LogP contribution in [0.3, 0.4) is 0 Å². The van der Waals surface area contributed by atoms with Crippen LogP contribution in [0.25, 0.3) is 0 Å². The van der Waals surface area contributed by atoms with Crippen LogP contribution in [0.1, 0.15) is 0 Å². The summed E-state index contributed by atoms with van der Waals surface area (Å²) in [6.45, 7) is 0. The summed E-state index contributed by atoms with van der Waals surface area (Å²) in [6.07, 6.45) is 0. The van der Waals surface area contributed by atoms with Crippen LogP contribution in [-0.4, -0.2) is 9.60 Å². The molecule has 1 aliphatic heterocycles. The summed E-state index contributed by atoms with van der Waals surface area (Å²) in [5, 5.41) is 1.91. The number of nitrogens with zero attached hydrogens (tertiary/aromatic N) is 1. The fraction of sp³-hybridized carbons (Fsp3) is 0.250. The maximum atomic E-state index is 5.50. The van der Waals surface area contributed by atoms with E-state index in [2.05, 4.69) is 27.6 Å². The molecule has 4 heteroatoms. The molecule has 0 bridgehead atoms. The van der Waals surface area contributed by atoms with Gasteiger partial charge in [0.05, 0.1) is 11.2 Å². The first-order valence-electron chi connectivity index (χ1n) is 2.07. The van der Waals surface area contributed by atoms with Crippen LogP contribution >= 0.6 is 34.4 Å². The first-order chi connectivity index (χ1) is 3.80. The lowest BCUT2D eigenvalue weighted by molar-refractivity contribution is 1.08. The molecule has 8 heavy (non-hydrogen) atoms. The molecule has 0 aliphatic carbocycles. The number of thioether (sulfide) groups is 1. The van der Waals surface area contributed by atoms with Crippen molar-refractivity contribution in [2.24, 2.45) is 10.7 Å². The molecule has 1 atom stereocenters. The van der Waals surface area contributed by atoms with E-state index in [1.807, 2.05) is 5.41 Å². The molecule has 1 rings (SSSR count). The molecule has 1 heterocycles. The highest BCUT2D eigenvalue weighted by Gasteiger charge is 2.05. The van der Waals surface area contributed by atoms with Crippen molar-refractivity contribution in [1.29, 1.82) is 0 Å². The average molecular weight is 240 g/mol. The van der Waals surface area contributed by atoms with E-state index in [0.29, 0.717) is 0 Å². The normalized spacial score (nSPS) is 27.6. The second-order valence-electron chi connectivity index (χ2n) is 1.34. The van der Waals surface area contributed by atoms with Crippen molar-refractivity contribution >= 4 is 39.9 Å². The Morgan fingerprint density at radius 2 is 2.62 bits per heavy atom. The molecular formula is C4H5IN2S. The van der Waals surface area contributed by atoms with E-state index in [1.165, 1.54) is 11.8 Å². The number of aliphatic imine (C=N–C) groups is 1. The van der Waals surface area contributed by atoms with E-state index in [4.69, 9.17) is 5.73 Å². The highest BCUT2D eigenvalue weighted by atomic mass is 127. The Balaban J connectivity index is 2.63. The van der Waals surface area contributed by atoms with E-state index in [0.717, 1.165) is 5.70 Å². The van der Waals surface area contributed by atoms with Crippen molar-refractivity contribution in [2.75, 3.05) is 0 Å². The van der Waals surface area contributed by atoms with E-state index in [1.54, 1.807) is 5.55 Å². The van der Waals surface area contributed by atoms with Gasteiger partial charge in [-0.2, -0.15) is 0 Å². The van der Waals surface area contributed by atoms with Crippen LogP contribution in [0.15, 0.2) is 16.1 Å². The molecule has 0 spiro atoms. The number of halogens is 1. The van der Waals surface area contributed by atoms with Gasteiger partial charge in [-0.25, -0.2) is 0 Å². The molecule has 0 aromatic rings. The molecule has 1 unspecified atom stereocenters. The Labute approximate surface area is 65.8 Å². The Bertz CT molecular complexity index is 143. The minimum Gasteiger partial charge on any atom is -0.399 e. The highest BCUT2D eigenvalue weighted by molar-refractivity contribution is 14.1. The van der Waals surface area contributed by atoms with E-state index < -0.39 is 0 Å². The van der Waals surface area contributed by atoms with Crippen LogP contribution in [0.4, 0.5) is 0 Å². The Morgan fingerprint density at radius 1 is 1.88 bits per heavy atom. The highest BCUT2D eigenvalue weighted by Crippen LogP contribution is 2.17. The summed E-state index contributed by atoms with van der Waals surface area (Å²) in [6, 6.07) is 0. The molecule has 0 aromatic heterocycles. The maximum absolute atomic E-state index is 5.50. The van der Waals surface area contributed by atoms with Crippen molar-refractivity contribution in [3.05, 3.63) is 11.1 Å². The fourth-order valence-electron chi connectivity index (χ4n) is 0.340. The monoisotopic (exact) mass is 240 g/mol. The first-order valence-corrected chi connectivity index (χ1v) is 4.26. The molecule has 2 N–H and O–H groups in total. The van der Waals surface area contributed by atoms with E-state index in [-0.39, 0.29) is 4.05 Å². The van der Waals surface area contributed by atoms with Gasteiger partial charge >= 0.3 is 0 Å². The van der Waals surface area contributed by atoms with Gasteiger partial charge in [0.15, 0.2) is 0 Å². The topological polar surface area (TPSA) is 38.4 Å². The van der Waals surface area contributed by atoms with Crippen molar-refractivity contribution in [3.8, 4) is 0 Å². The standard InChI is InChI=1S/C4H5IN2S/c5-4-3(6)1-8-2-7-4/h1-2,4H,6H2. The molecule has 0 radical (unpaired) electrons. The summed E-state index contributed by atoms with van der Waals surface area (Å²) in [5.74, 6) is 0. The molecule has 0 saturated heterocycles. The van der Waals surface area contributed by atoms with Gasteiger partial charge in [-0.3, -0.25) is 4.99 Å². The second kappa shape index (κ2) is 2.72. The van der Waals surface area contributed by atoms with Crippen LogP contribution in [0.2, 0.25) is 0 Å². The van der Waals surface area contributed by atoms with Crippen LogP contribution in [-0.2, 0) is 0 Å². The lowest BCUT2D eigenvalue weighted by atomic mass is 10.5. The van der Waals surface area contributed by atoms with Crippen LogP contribution in [0, 0.1) is 0 Å². The largest absolute Gasteiger partial charge is 0.399 e. The van der Waals surface area contributed by atoms with Gasteiger partial charge in [-0.15, -0.1) is 0 Å². The Hall–Kier alpha value is 0.290. The number of nitrogens with two attached hydrogens (primary N) is 1. The quantitative estimate of drug-likeness (QED) is 0.394. The second-order valence-corrected chi connectivity index (χ2v) is 3.24. The number of rotatable bonds is 0. The lowest BCUT2D eigenvalue weighted by Crippen LogP contribution is -2.09. The molecule has 0 fully saturated rings. The third kappa shape index (κ3) is 1.38. The summed E-state index contributed by atoms with van der Waals surface area (Å²) in [5.41, 5.74) is 8.14. The van der Waals surface area contributed by atoms with Crippen LogP contribution in [0.5, 0.6) is 0 Å². The predicted molar refractivity (Wildman–Crippen MR) is 46.2 cm³/mol. The van der Waals surface area contributed by atoms with Gasteiger partial charge in [0.2, 0.25) is 0 Å². The van der Waals surface area contributed by atoms with Gasteiger partial charge in [0.1, 0.15) is 4.05 Å². The minimum absolute atomic E-state index is 0.161. The number of hydrogen-bond donors (Lipinski definition) is 1. The molecule has 0 aromatic carbocycles. The zero-order valence-corrected chi connectivity index (χ0v) is 7.02. The van der Waals surface area contributed by atoms with Crippen molar-refractivity contribution in [3.63, 3.8) is 0 Å². The van der Waals surface area contributed by atoms with Crippen molar-refractivity contribution in [2.45, 2.75) is 4.05 Å². The first kappa shape index (κ1) is 6.41. The number of hydrogen-bond acceptors (Lipinski definition) is 3. The van der Waals surface area contributed by atoms with Crippen molar-refractivity contribution in [1.82, 2.24) is 0 Å². The third-order valence-corrected chi connectivity index (χ3v) is 2.42. The van der Waals surface area contributed by atoms with Crippen molar-refractivity contribution < 1.29 is 0 Å². The third-order valence-electron chi connectivity index (χ3n) is 0.732. The zero-order valence-electron chi connectivity index (χ0n) is 4.04. The van der Waals surface area contributed by atoms with Gasteiger partial charge in [0.25, 0.3) is 0 Å². The summed E-state index contributed by atoms with van der Waals surface area (Å²) in [4.78, 5) is 4.04. The number of alkyl halides is 1. The summed E-state index contributed by atoms with van der Waals surface area (Å²) < 4.78 is 0.161. The molecule has 0 amide bonds. The van der Waals surface area contributed by atoms with Crippen LogP contribution < -0.4 is 5.73 Å². The Kier molecular flexibility index (Phi) is 2.18. The molecule has 0 saturated carbocycles. The average Bonchev–Trinajstić information content (AvgIpc) is 1.77. The predicted octanol–water partition coefficient (Wildman–Crippen LogP) is 1.32. The van der Waals surface area contributed by atoms with E-state index >= 15 is 0 Å². The smallest absolute Gasteiger partial charge is 0.141 e. The van der Waals surface area contributed by atoms with Gasteiger partial charge in [-0.05, 0) is 28.0 Å². The molecule has 2 nitrogen and oxygen atoms in total. The SMILES string of the molecule is NC1=CSC=NC1I. The van der Waals surface area contributed by atoms with Gasteiger partial charge in [0, 0.05) is 0 Å². The van der Waals surface area contributed by atoms with Gasteiger partial charge in [-0.1, -0.05) is 11.8 Å². The Morgan fingerprint density at radius 3 is 3.00 bits per heavy atom. The molecule has 1 aliphatic rings. The van der Waals surface area contributed by atoms with E-state index in [9.17, 15) is 0 Å². The zero-order chi connectivity index (χ0) is 5.98. The maximum Gasteiger partial charge on any atom is 0.141 e. The molecule has 44 valence electrons. The summed E-state index contributed by atoms with van der Waals surface area (Å²) in [7, 11) is 0. The fourth-order valence-corrected chi connectivity index (χ4v) is 1.68. The lowest BCUT2D eigenvalue weighted by Gasteiger charge is -2.06. The summed E-state index contributed by atoms with van der Waals surface area (Å²) >= 11 is 3.70. The molecular weight excluding hydrogens is 235 g/mol. The minimum atomic E-state index is 0.161.